The second kappa shape index (κ2) is 6.27. The van der Waals surface area contributed by atoms with Gasteiger partial charge in [0.1, 0.15) is 18.2 Å². The number of carbonyl (C=O) groups is 1. The lowest BCUT2D eigenvalue weighted by atomic mass is 10.1. The summed E-state index contributed by atoms with van der Waals surface area (Å²) in [6.45, 7) is -0.378. The second-order valence-electron chi connectivity index (χ2n) is 3.36. The molecular formula is C11H13F2NO3. The molecule has 4 nitrogen and oxygen atoms in total. The maximum Gasteiger partial charge on any atom is 0.331 e. The van der Waals surface area contributed by atoms with Crippen molar-refractivity contribution in [3.8, 4) is 0 Å². The van der Waals surface area contributed by atoms with Crippen LogP contribution in [0.4, 0.5) is 8.78 Å². The molecule has 0 aliphatic carbocycles. The van der Waals surface area contributed by atoms with Gasteiger partial charge in [-0.2, -0.15) is 0 Å². The Balaban J connectivity index is 2.54. The van der Waals surface area contributed by atoms with E-state index in [0.29, 0.717) is 0 Å². The van der Waals surface area contributed by atoms with Crippen LogP contribution in [0.3, 0.4) is 0 Å². The smallest absolute Gasteiger partial charge is 0.331 e. The predicted octanol–water partition coefficient (Wildman–Crippen LogP) is 1.15. The van der Waals surface area contributed by atoms with Gasteiger partial charge in [-0.1, -0.05) is 0 Å². The maximum atomic E-state index is 13.3. The van der Waals surface area contributed by atoms with E-state index >= 15 is 0 Å². The molecule has 0 aliphatic rings. The zero-order valence-corrected chi connectivity index (χ0v) is 9.28. The highest BCUT2D eigenvalue weighted by atomic mass is 19.1. The Bertz CT molecular complexity index is 398. The van der Waals surface area contributed by atoms with Crippen LogP contribution in [0.15, 0.2) is 18.2 Å². The van der Waals surface area contributed by atoms with Crippen LogP contribution in [0, 0.1) is 11.6 Å². The lowest BCUT2D eigenvalue weighted by Gasteiger charge is -2.13. The predicted molar refractivity (Wildman–Crippen MR) is 56.1 cm³/mol. The lowest BCUT2D eigenvalue weighted by molar-refractivity contribution is -0.146. The number of nitrogens with two attached hydrogens (primary N) is 1. The molecule has 0 saturated heterocycles. The molecule has 2 N–H and O–H groups in total. The van der Waals surface area contributed by atoms with Crippen LogP contribution < -0.4 is 5.73 Å². The van der Waals surface area contributed by atoms with Crippen LogP contribution in [-0.4, -0.2) is 26.3 Å². The SMILES string of the molecule is COC(=O)COCC(N)c1cc(F)ccc1F. The molecular weight excluding hydrogens is 232 g/mol. The van der Waals surface area contributed by atoms with Crippen LogP contribution in [0.5, 0.6) is 0 Å². The summed E-state index contributed by atoms with van der Waals surface area (Å²) < 4.78 is 35.4. The van der Waals surface area contributed by atoms with Crippen molar-refractivity contribution in [1.29, 1.82) is 0 Å². The van der Waals surface area contributed by atoms with Crippen LogP contribution >= 0.6 is 0 Å². The Hall–Kier alpha value is -1.53. The molecule has 1 rings (SSSR count). The van der Waals surface area contributed by atoms with Crippen molar-refractivity contribution in [2.24, 2.45) is 5.73 Å². The summed E-state index contributed by atoms with van der Waals surface area (Å²) in [6.07, 6.45) is 0. The minimum Gasteiger partial charge on any atom is -0.467 e. The average Bonchev–Trinajstić information content (AvgIpc) is 2.31. The Labute approximate surface area is 97.3 Å². The molecule has 1 unspecified atom stereocenters. The number of benzene rings is 1. The van der Waals surface area contributed by atoms with E-state index in [1.165, 1.54) is 7.11 Å². The quantitative estimate of drug-likeness (QED) is 0.790. The van der Waals surface area contributed by atoms with Gasteiger partial charge in [-0.05, 0) is 18.2 Å². The van der Waals surface area contributed by atoms with Gasteiger partial charge in [0, 0.05) is 5.56 Å². The first-order valence-electron chi connectivity index (χ1n) is 4.89. The van der Waals surface area contributed by atoms with Crippen LogP contribution in [-0.2, 0) is 14.3 Å². The van der Waals surface area contributed by atoms with Gasteiger partial charge in [-0.25, -0.2) is 13.6 Å². The van der Waals surface area contributed by atoms with Gasteiger partial charge in [0.2, 0.25) is 0 Å². The molecule has 1 aromatic carbocycles. The molecule has 0 bridgehead atoms. The van der Waals surface area contributed by atoms with E-state index < -0.39 is 23.6 Å². The Kier molecular flexibility index (Phi) is 4.99. The number of halogens is 2. The number of hydrogen-bond donors (Lipinski definition) is 1. The van der Waals surface area contributed by atoms with Gasteiger partial charge >= 0.3 is 5.97 Å². The highest BCUT2D eigenvalue weighted by molar-refractivity contribution is 5.70. The summed E-state index contributed by atoms with van der Waals surface area (Å²) in [5.74, 6) is -1.75. The first-order valence-corrected chi connectivity index (χ1v) is 4.89. The van der Waals surface area contributed by atoms with E-state index in [-0.39, 0.29) is 18.8 Å². The Morgan fingerprint density at radius 2 is 2.18 bits per heavy atom. The van der Waals surface area contributed by atoms with Crippen molar-refractivity contribution < 1.29 is 23.0 Å². The fourth-order valence-corrected chi connectivity index (χ4v) is 1.22. The van der Waals surface area contributed by atoms with Crippen molar-refractivity contribution in [2.45, 2.75) is 6.04 Å². The van der Waals surface area contributed by atoms with E-state index in [1.54, 1.807) is 0 Å². The van der Waals surface area contributed by atoms with Crippen molar-refractivity contribution in [2.75, 3.05) is 20.3 Å². The number of rotatable bonds is 5. The van der Waals surface area contributed by atoms with Gasteiger partial charge in [0.05, 0.1) is 19.8 Å². The number of ether oxygens (including phenoxy) is 2. The molecule has 0 aromatic heterocycles. The van der Waals surface area contributed by atoms with E-state index in [2.05, 4.69) is 4.74 Å². The van der Waals surface area contributed by atoms with Gasteiger partial charge in [-0.15, -0.1) is 0 Å². The van der Waals surface area contributed by atoms with Gasteiger partial charge < -0.3 is 15.2 Å². The molecule has 1 aromatic rings. The number of methoxy groups -OCH3 is 1. The molecule has 0 heterocycles. The maximum absolute atomic E-state index is 13.3. The summed E-state index contributed by atoms with van der Waals surface area (Å²) in [5.41, 5.74) is 5.62. The summed E-state index contributed by atoms with van der Waals surface area (Å²) in [5, 5.41) is 0. The first-order chi connectivity index (χ1) is 8.04. The molecule has 1 atom stereocenters. The third kappa shape index (κ3) is 4.08. The van der Waals surface area contributed by atoms with Crippen LogP contribution in [0.1, 0.15) is 11.6 Å². The minimum absolute atomic E-state index is 0.00914. The zero-order valence-electron chi connectivity index (χ0n) is 9.28. The monoisotopic (exact) mass is 245 g/mol. The molecule has 0 aliphatic heterocycles. The molecule has 0 amide bonds. The van der Waals surface area contributed by atoms with Crippen LogP contribution in [0.25, 0.3) is 0 Å². The average molecular weight is 245 g/mol. The molecule has 6 heteroatoms. The normalized spacial score (nSPS) is 12.2. The van der Waals surface area contributed by atoms with E-state index in [4.69, 9.17) is 10.5 Å². The van der Waals surface area contributed by atoms with Crippen molar-refractivity contribution in [3.05, 3.63) is 35.4 Å². The van der Waals surface area contributed by atoms with Gasteiger partial charge in [-0.3, -0.25) is 0 Å². The largest absolute Gasteiger partial charge is 0.467 e. The number of hydrogen-bond acceptors (Lipinski definition) is 4. The van der Waals surface area contributed by atoms with E-state index in [0.717, 1.165) is 18.2 Å². The summed E-state index contributed by atoms with van der Waals surface area (Å²) in [6, 6.07) is 2.16. The molecule has 94 valence electrons. The van der Waals surface area contributed by atoms with Crippen molar-refractivity contribution in [1.82, 2.24) is 0 Å². The molecule has 17 heavy (non-hydrogen) atoms. The Morgan fingerprint density at radius 3 is 2.82 bits per heavy atom. The zero-order chi connectivity index (χ0) is 12.8. The van der Waals surface area contributed by atoms with Crippen molar-refractivity contribution in [3.63, 3.8) is 0 Å². The van der Waals surface area contributed by atoms with Crippen molar-refractivity contribution >= 4 is 5.97 Å². The van der Waals surface area contributed by atoms with E-state index in [9.17, 15) is 13.6 Å². The first kappa shape index (κ1) is 13.5. The molecule has 0 radical (unpaired) electrons. The third-order valence-corrected chi connectivity index (χ3v) is 2.10. The number of carbonyl (C=O) groups excluding carboxylic acids is 1. The standard InChI is InChI=1S/C11H13F2NO3/c1-16-11(15)6-17-5-10(14)8-4-7(12)2-3-9(8)13/h2-4,10H,5-6,14H2,1H3. The number of esters is 1. The van der Waals surface area contributed by atoms with Gasteiger partial charge in [0.25, 0.3) is 0 Å². The third-order valence-electron chi connectivity index (χ3n) is 2.10. The highest BCUT2D eigenvalue weighted by Crippen LogP contribution is 2.16. The fraction of sp³-hybridized carbons (Fsp3) is 0.364. The van der Waals surface area contributed by atoms with Crippen LogP contribution in [0.2, 0.25) is 0 Å². The summed E-state index contributed by atoms with van der Waals surface area (Å²) >= 11 is 0. The van der Waals surface area contributed by atoms with Gasteiger partial charge in [0.15, 0.2) is 0 Å². The minimum atomic E-state index is -0.838. The topological polar surface area (TPSA) is 61.5 Å². The lowest BCUT2D eigenvalue weighted by Crippen LogP contribution is -2.21. The Morgan fingerprint density at radius 1 is 1.47 bits per heavy atom. The molecule has 0 fully saturated rings. The molecule has 0 saturated carbocycles. The fourth-order valence-electron chi connectivity index (χ4n) is 1.22. The molecule has 0 spiro atoms. The second-order valence-corrected chi connectivity index (χ2v) is 3.36. The van der Waals surface area contributed by atoms with E-state index in [1.807, 2.05) is 0 Å². The highest BCUT2D eigenvalue weighted by Gasteiger charge is 2.13. The summed E-state index contributed by atoms with van der Waals surface area (Å²) in [4.78, 5) is 10.7. The summed E-state index contributed by atoms with van der Waals surface area (Å²) in [7, 11) is 1.22.